The van der Waals surface area contributed by atoms with E-state index in [-0.39, 0.29) is 29.6 Å². The predicted octanol–water partition coefficient (Wildman–Crippen LogP) is 4.34. The maximum absolute atomic E-state index is 13.7. The first-order chi connectivity index (χ1) is 17.8. The van der Waals surface area contributed by atoms with Gasteiger partial charge in [-0.3, -0.25) is 9.69 Å². The molecule has 5 rings (SSSR count). The molecule has 2 aliphatic carbocycles. The highest BCUT2D eigenvalue weighted by Crippen LogP contribution is 2.49. The monoisotopic (exact) mass is 505 g/mol. The Bertz CT molecular complexity index is 1090. The molecule has 1 aromatic carbocycles. The number of carbonyl (C=O) groups is 2. The van der Waals surface area contributed by atoms with Gasteiger partial charge in [0.05, 0.1) is 18.8 Å². The minimum atomic E-state index is -0.227. The summed E-state index contributed by atoms with van der Waals surface area (Å²) in [6, 6.07) is 14.2. The Morgan fingerprint density at radius 1 is 1.11 bits per heavy atom. The molecule has 3 aliphatic rings. The van der Waals surface area contributed by atoms with Crippen LogP contribution < -0.4 is 10.1 Å². The number of benzene rings is 1. The van der Waals surface area contributed by atoms with Crippen LogP contribution in [-0.2, 0) is 10.3 Å². The number of aromatic nitrogens is 1. The molecule has 1 saturated heterocycles. The van der Waals surface area contributed by atoms with Crippen LogP contribution in [0.3, 0.4) is 0 Å². The third kappa shape index (κ3) is 4.91. The molecule has 1 aliphatic heterocycles. The zero-order chi connectivity index (χ0) is 26.0. The van der Waals surface area contributed by atoms with E-state index < -0.39 is 0 Å². The molecule has 0 atom stereocenters. The number of nitrogens with zero attached hydrogens (tertiary/aromatic N) is 4. The van der Waals surface area contributed by atoms with Crippen molar-refractivity contribution in [3.8, 4) is 5.75 Å². The first kappa shape index (κ1) is 25.5. The van der Waals surface area contributed by atoms with Crippen LogP contribution >= 0.6 is 0 Å². The predicted molar refractivity (Wildman–Crippen MR) is 143 cm³/mol. The minimum Gasteiger partial charge on any atom is -0.495 e. The standard InChI is InChI=1S/C29H39N5O3/c1-32(2)29(23-10-5-4-6-11-23)16-14-28(15-17-29)21-33(27(36)34(28)19-22-8-7-9-22)20-26(35)31-25-13-12-24(37-3)18-30-25/h4-6,10-13,18,22H,7-9,14-17,19-21H2,1-3H3,(H,30,31,35). The molecular weight excluding hydrogens is 466 g/mol. The highest BCUT2D eigenvalue weighted by Gasteiger charge is 2.55. The van der Waals surface area contributed by atoms with Crippen LogP contribution in [0.1, 0.15) is 50.5 Å². The van der Waals surface area contributed by atoms with Gasteiger partial charge in [-0.05, 0) is 76.2 Å². The van der Waals surface area contributed by atoms with Gasteiger partial charge in [0.15, 0.2) is 0 Å². The van der Waals surface area contributed by atoms with Gasteiger partial charge in [0, 0.05) is 18.6 Å². The number of rotatable bonds is 8. The van der Waals surface area contributed by atoms with Crippen LogP contribution in [0.15, 0.2) is 48.7 Å². The SMILES string of the molecule is COc1ccc(NC(=O)CN2CC3(CCC(c4ccccc4)(N(C)C)CC3)N(CC3CCC3)C2=O)nc1. The molecule has 3 amide bonds. The minimum absolute atomic E-state index is 0.00167. The second-order valence-corrected chi connectivity index (χ2v) is 11.2. The van der Waals surface area contributed by atoms with Gasteiger partial charge >= 0.3 is 6.03 Å². The van der Waals surface area contributed by atoms with Gasteiger partial charge in [-0.2, -0.15) is 0 Å². The van der Waals surface area contributed by atoms with Crippen LogP contribution in [0, 0.1) is 5.92 Å². The summed E-state index contributed by atoms with van der Waals surface area (Å²) in [6.07, 6.45) is 9.01. The van der Waals surface area contributed by atoms with Gasteiger partial charge < -0.3 is 19.9 Å². The average molecular weight is 506 g/mol. The number of nitrogens with one attached hydrogen (secondary N) is 1. The number of carbonyl (C=O) groups excluding carboxylic acids is 2. The van der Waals surface area contributed by atoms with Crippen LogP contribution in [0.4, 0.5) is 10.6 Å². The fourth-order valence-corrected chi connectivity index (χ4v) is 6.44. The molecule has 2 heterocycles. The molecule has 8 heteroatoms. The summed E-state index contributed by atoms with van der Waals surface area (Å²) >= 11 is 0. The second-order valence-electron chi connectivity index (χ2n) is 11.2. The fraction of sp³-hybridized carbons (Fsp3) is 0.552. The van der Waals surface area contributed by atoms with Crippen LogP contribution in [0.2, 0.25) is 0 Å². The molecule has 3 fully saturated rings. The molecule has 1 N–H and O–H groups in total. The van der Waals surface area contributed by atoms with Crippen LogP contribution in [-0.4, -0.2) is 78.0 Å². The maximum Gasteiger partial charge on any atom is 0.321 e. The fourth-order valence-electron chi connectivity index (χ4n) is 6.44. The Morgan fingerprint density at radius 3 is 2.41 bits per heavy atom. The highest BCUT2D eigenvalue weighted by atomic mass is 16.5. The topological polar surface area (TPSA) is 78.0 Å². The van der Waals surface area contributed by atoms with Gasteiger partial charge in [0.25, 0.3) is 0 Å². The Balaban J connectivity index is 1.32. The average Bonchev–Trinajstić information content (AvgIpc) is 3.12. The van der Waals surface area contributed by atoms with E-state index in [4.69, 9.17) is 4.74 Å². The lowest BCUT2D eigenvalue weighted by molar-refractivity contribution is -0.116. The van der Waals surface area contributed by atoms with Crippen LogP contribution in [0.5, 0.6) is 5.75 Å². The Morgan fingerprint density at radius 2 is 1.84 bits per heavy atom. The van der Waals surface area contributed by atoms with Crippen LogP contribution in [0.25, 0.3) is 0 Å². The zero-order valence-corrected chi connectivity index (χ0v) is 22.3. The summed E-state index contributed by atoms with van der Waals surface area (Å²) in [5.41, 5.74) is 1.08. The largest absolute Gasteiger partial charge is 0.495 e. The number of anilines is 1. The normalized spacial score (nSPS) is 26.0. The smallest absolute Gasteiger partial charge is 0.321 e. The summed E-state index contributed by atoms with van der Waals surface area (Å²) in [4.78, 5) is 37.1. The number of hydrogen-bond donors (Lipinski definition) is 1. The Kier molecular flexibility index (Phi) is 7.12. The number of hydrogen-bond acceptors (Lipinski definition) is 5. The maximum atomic E-state index is 13.7. The van der Waals surface area contributed by atoms with Crippen molar-refractivity contribution in [1.82, 2.24) is 19.7 Å². The van der Waals surface area contributed by atoms with Crippen molar-refractivity contribution in [2.75, 3.05) is 46.2 Å². The van der Waals surface area contributed by atoms with Crippen molar-refractivity contribution in [1.29, 1.82) is 0 Å². The molecule has 0 radical (unpaired) electrons. The molecule has 0 unspecified atom stereocenters. The lowest BCUT2D eigenvalue weighted by Crippen LogP contribution is -2.56. The molecule has 2 saturated carbocycles. The summed E-state index contributed by atoms with van der Waals surface area (Å²) in [6.45, 7) is 1.44. The lowest BCUT2D eigenvalue weighted by atomic mass is 9.68. The molecule has 0 bridgehead atoms. The Hall–Kier alpha value is -3.13. The van der Waals surface area contributed by atoms with Gasteiger partial charge in [-0.25, -0.2) is 9.78 Å². The molecule has 1 spiro atoms. The molecule has 37 heavy (non-hydrogen) atoms. The van der Waals surface area contributed by atoms with Gasteiger partial charge in [-0.1, -0.05) is 36.8 Å². The quantitative estimate of drug-likeness (QED) is 0.578. The zero-order valence-electron chi connectivity index (χ0n) is 22.3. The summed E-state index contributed by atoms with van der Waals surface area (Å²) in [7, 11) is 5.91. The number of amides is 3. The molecular formula is C29H39N5O3. The number of pyridine rings is 1. The van der Waals surface area contributed by atoms with Gasteiger partial charge in [-0.15, -0.1) is 0 Å². The first-order valence-corrected chi connectivity index (χ1v) is 13.4. The van der Waals surface area contributed by atoms with E-state index in [2.05, 4.69) is 64.5 Å². The van der Waals surface area contributed by atoms with E-state index in [1.54, 1.807) is 30.3 Å². The lowest BCUT2D eigenvalue weighted by Gasteiger charge is -2.51. The van der Waals surface area contributed by atoms with Gasteiger partial charge in [0.2, 0.25) is 5.91 Å². The Labute approximate surface area is 220 Å². The molecule has 2 aromatic rings. The molecule has 198 valence electrons. The number of methoxy groups -OCH3 is 1. The number of ether oxygens (including phenoxy) is 1. The molecule has 1 aromatic heterocycles. The van der Waals surface area contributed by atoms with Gasteiger partial charge in [0.1, 0.15) is 18.1 Å². The third-order valence-corrected chi connectivity index (χ3v) is 8.97. The van der Waals surface area contributed by atoms with Crippen molar-refractivity contribution in [2.24, 2.45) is 5.92 Å². The summed E-state index contributed by atoms with van der Waals surface area (Å²) in [5, 5.41) is 2.83. The van der Waals surface area contributed by atoms with Crippen molar-refractivity contribution in [3.63, 3.8) is 0 Å². The van der Waals surface area contributed by atoms with E-state index in [1.807, 2.05) is 0 Å². The van der Waals surface area contributed by atoms with E-state index in [9.17, 15) is 9.59 Å². The molecule has 8 nitrogen and oxygen atoms in total. The van der Waals surface area contributed by atoms with E-state index in [0.717, 1.165) is 32.2 Å². The van der Waals surface area contributed by atoms with Crippen molar-refractivity contribution in [3.05, 3.63) is 54.2 Å². The third-order valence-electron chi connectivity index (χ3n) is 8.97. The van der Waals surface area contributed by atoms with E-state index in [1.165, 1.54) is 24.8 Å². The second kappa shape index (κ2) is 10.3. The first-order valence-electron chi connectivity index (χ1n) is 13.4. The van der Waals surface area contributed by atoms with E-state index >= 15 is 0 Å². The summed E-state index contributed by atoms with van der Waals surface area (Å²) < 4.78 is 5.14. The van der Waals surface area contributed by atoms with E-state index in [0.29, 0.717) is 24.0 Å². The van der Waals surface area contributed by atoms with Crippen molar-refractivity contribution in [2.45, 2.75) is 56.0 Å². The number of urea groups is 1. The van der Waals surface area contributed by atoms with Crippen molar-refractivity contribution < 1.29 is 14.3 Å². The highest BCUT2D eigenvalue weighted by molar-refractivity contribution is 5.94. The summed E-state index contributed by atoms with van der Waals surface area (Å²) in [5.74, 6) is 1.43. The van der Waals surface area contributed by atoms with Crippen molar-refractivity contribution >= 4 is 17.8 Å².